The highest BCUT2D eigenvalue weighted by Gasteiger charge is 2.37. The Labute approximate surface area is 112 Å². The number of thiazole rings is 1. The van der Waals surface area contributed by atoms with Gasteiger partial charge in [-0.1, -0.05) is 24.1 Å². The summed E-state index contributed by atoms with van der Waals surface area (Å²) < 4.78 is 1.33. The van der Waals surface area contributed by atoms with Crippen LogP contribution < -0.4 is 0 Å². The van der Waals surface area contributed by atoms with Crippen molar-refractivity contribution in [3.63, 3.8) is 0 Å². The maximum absolute atomic E-state index is 4.52. The molecule has 0 saturated heterocycles. The third-order valence-corrected chi connectivity index (χ3v) is 5.40. The number of benzene rings is 1. The van der Waals surface area contributed by atoms with Gasteiger partial charge in [0, 0.05) is 0 Å². The fraction of sp³-hybridized carbons (Fsp3) is 0.438. The Morgan fingerprint density at radius 3 is 2.89 bits per heavy atom. The highest BCUT2D eigenvalue weighted by molar-refractivity contribution is 7.18. The molecule has 1 aromatic heterocycles. The minimum atomic E-state index is 0.905. The summed E-state index contributed by atoms with van der Waals surface area (Å²) in [4.78, 5) is 4.52. The quantitative estimate of drug-likeness (QED) is 0.712. The van der Waals surface area contributed by atoms with Crippen LogP contribution in [-0.4, -0.2) is 4.98 Å². The zero-order valence-corrected chi connectivity index (χ0v) is 11.5. The minimum Gasteiger partial charge on any atom is -0.242 e. The average Bonchev–Trinajstić information content (AvgIpc) is 2.76. The molecule has 92 valence electrons. The van der Waals surface area contributed by atoms with Gasteiger partial charge in [-0.05, 0) is 55.7 Å². The summed E-state index contributed by atoms with van der Waals surface area (Å²) in [7, 11) is 0. The van der Waals surface area contributed by atoms with Crippen LogP contribution in [0.25, 0.3) is 16.3 Å². The number of hydrogen-bond acceptors (Lipinski definition) is 2. The summed E-state index contributed by atoms with van der Waals surface area (Å²) in [5, 5.41) is 1.16. The van der Waals surface area contributed by atoms with Crippen molar-refractivity contribution < 1.29 is 0 Å². The van der Waals surface area contributed by atoms with Crippen LogP contribution in [0.5, 0.6) is 0 Å². The highest BCUT2D eigenvalue weighted by atomic mass is 32.1. The van der Waals surface area contributed by atoms with Crippen LogP contribution in [0.2, 0.25) is 0 Å². The number of allylic oxidation sites excluding steroid dienone is 1. The smallest absolute Gasteiger partial charge is 0.0907 e. The fourth-order valence-electron chi connectivity index (χ4n) is 3.54. The van der Waals surface area contributed by atoms with Gasteiger partial charge in [0.1, 0.15) is 0 Å². The van der Waals surface area contributed by atoms with E-state index in [0.29, 0.717) is 0 Å². The molecule has 0 amide bonds. The predicted molar refractivity (Wildman–Crippen MR) is 77.8 cm³/mol. The van der Waals surface area contributed by atoms with E-state index in [2.05, 4.69) is 36.2 Å². The molecule has 18 heavy (non-hydrogen) atoms. The maximum Gasteiger partial charge on any atom is 0.0907 e. The van der Waals surface area contributed by atoms with Gasteiger partial charge in [-0.25, -0.2) is 4.98 Å². The fourth-order valence-corrected chi connectivity index (χ4v) is 4.42. The Kier molecular flexibility index (Phi) is 2.34. The summed E-state index contributed by atoms with van der Waals surface area (Å²) in [5.74, 6) is 1.81. The molecule has 0 spiro atoms. The summed E-state index contributed by atoms with van der Waals surface area (Å²) in [5.41, 5.74) is 4.24. The molecule has 2 heteroatoms. The zero-order valence-electron chi connectivity index (χ0n) is 10.6. The van der Waals surface area contributed by atoms with E-state index in [0.717, 1.165) is 22.4 Å². The van der Waals surface area contributed by atoms with E-state index in [1.54, 1.807) is 16.9 Å². The van der Waals surface area contributed by atoms with E-state index < -0.39 is 0 Å². The lowest BCUT2D eigenvalue weighted by molar-refractivity contribution is 0.218. The second-order valence-electron chi connectivity index (χ2n) is 5.66. The number of aryl methyl sites for hydroxylation is 1. The highest BCUT2D eigenvalue weighted by Crippen LogP contribution is 2.50. The van der Waals surface area contributed by atoms with Crippen molar-refractivity contribution in [1.29, 1.82) is 0 Å². The second kappa shape index (κ2) is 3.92. The normalized spacial score (nSPS) is 26.2. The molecule has 0 N–H and O–H groups in total. The molecule has 2 bridgehead atoms. The number of hydrogen-bond donors (Lipinski definition) is 0. The predicted octanol–water partition coefficient (Wildman–Crippen LogP) is 4.81. The van der Waals surface area contributed by atoms with E-state index in [4.69, 9.17) is 0 Å². The molecule has 0 aliphatic heterocycles. The van der Waals surface area contributed by atoms with Gasteiger partial charge in [-0.15, -0.1) is 11.3 Å². The van der Waals surface area contributed by atoms with Crippen LogP contribution >= 0.6 is 11.3 Å². The topological polar surface area (TPSA) is 12.9 Å². The largest absolute Gasteiger partial charge is 0.242 e. The number of aromatic nitrogens is 1. The van der Waals surface area contributed by atoms with E-state index in [-0.39, 0.29) is 0 Å². The molecule has 1 heterocycles. The molecule has 2 aromatic rings. The van der Waals surface area contributed by atoms with Crippen molar-refractivity contribution in [2.75, 3.05) is 0 Å². The molecule has 0 radical (unpaired) electrons. The first-order valence-electron chi connectivity index (χ1n) is 6.88. The van der Waals surface area contributed by atoms with Crippen LogP contribution in [0, 0.1) is 18.8 Å². The summed E-state index contributed by atoms with van der Waals surface area (Å²) >= 11 is 1.80. The summed E-state index contributed by atoms with van der Waals surface area (Å²) in [6, 6.07) is 6.70. The van der Waals surface area contributed by atoms with E-state index in [1.165, 1.54) is 35.9 Å². The summed E-state index contributed by atoms with van der Waals surface area (Å²) in [6.45, 7) is 2.08. The van der Waals surface area contributed by atoms with Crippen molar-refractivity contribution >= 4 is 27.6 Å². The number of nitrogens with zero attached hydrogens (tertiary/aromatic N) is 1. The van der Waals surface area contributed by atoms with Gasteiger partial charge in [-0.2, -0.15) is 0 Å². The Balaban J connectivity index is 1.72. The van der Waals surface area contributed by atoms with Gasteiger partial charge >= 0.3 is 0 Å². The third kappa shape index (κ3) is 1.63. The molecular weight excluding hydrogens is 238 g/mol. The SMILES string of the molecule is Cc1nc2ccc(C=C3C4CCCC3C4)cc2s1. The molecule has 2 saturated carbocycles. The first-order chi connectivity index (χ1) is 8.79. The van der Waals surface area contributed by atoms with Gasteiger partial charge in [0.2, 0.25) is 0 Å². The van der Waals surface area contributed by atoms with Crippen LogP contribution in [0.4, 0.5) is 0 Å². The van der Waals surface area contributed by atoms with Gasteiger partial charge in [0.25, 0.3) is 0 Å². The van der Waals surface area contributed by atoms with Crippen molar-refractivity contribution in [3.8, 4) is 0 Å². The van der Waals surface area contributed by atoms with E-state index >= 15 is 0 Å². The minimum absolute atomic E-state index is 0.905. The van der Waals surface area contributed by atoms with Gasteiger partial charge in [0.15, 0.2) is 0 Å². The first kappa shape index (κ1) is 10.7. The van der Waals surface area contributed by atoms with Crippen LogP contribution in [0.15, 0.2) is 23.8 Å². The monoisotopic (exact) mass is 255 g/mol. The lowest BCUT2D eigenvalue weighted by Crippen LogP contribution is -2.32. The lowest BCUT2D eigenvalue weighted by atomic mass is 9.61. The molecular formula is C16H17NS. The van der Waals surface area contributed by atoms with Crippen LogP contribution in [-0.2, 0) is 0 Å². The van der Waals surface area contributed by atoms with Gasteiger partial charge in [0.05, 0.1) is 15.2 Å². The Hall–Kier alpha value is -1.15. The molecule has 2 atom stereocenters. The number of fused-ring (bicyclic) bond motifs is 3. The molecule has 2 fully saturated rings. The summed E-state index contributed by atoms with van der Waals surface area (Å²) in [6.07, 6.45) is 8.19. The van der Waals surface area contributed by atoms with E-state index in [1.807, 2.05) is 0 Å². The molecule has 1 nitrogen and oxygen atoms in total. The van der Waals surface area contributed by atoms with Crippen molar-refractivity contribution in [2.24, 2.45) is 11.8 Å². The third-order valence-electron chi connectivity index (χ3n) is 4.47. The van der Waals surface area contributed by atoms with Gasteiger partial charge < -0.3 is 0 Å². The number of rotatable bonds is 1. The zero-order chi connectivity index (χ0) is 12.1. The molecule has 4 rings (SSSR count). The van der Waals surface area contributed by atoms with Crippen LogP contribution in [0.1, 0.15) is 36.3 Å². The van der Waals surface area contributed by atoms with Crippen molar-refractivity contribution in [1.82, 2.24) is 4.98 Å². The van der Waals surface area contributed by atoms with Crippen molar-refractivity contribution in [3.05, 3.63) is 34.3 Å². The second-order valence-corrected chi connectivity index (χ2v) is 6.90. The molecule has 2 aliphatic carbocycles. The Bertz CT molecular complexity index is 622. The first-order valence-corrected chi connectivity index (χ1v) is 7.70. The Morgan fingerprint density at radius 2 is 2.11 bits per heavy atom. The lowest BCUT2D eigenvalue weighted by Gasteiger charge is -2.44. The standard InChI is InChI=1S/C16H17NS/c1-10-17-15-6-5-11(8-16(15)18-10)7-14-12-3-2-4-13(14)9-12/h5-8,12-13H,2-4,9H2,1H3. The molecule has 2 aliphatic rings. The Morgan fingerprint density at radius 1 is 1.28 bits per heavy atom. The van der Waals surface area contributed by atoms with Gasteiger partial charge in [-0.3, -0.25) is 0 Å². The van der Waals surface area contributed by atoms with E-state index in [9.17, 15) is 0 Å². The van der Waals surface area contributed by atoms with Crippen molar-refractivity contribution in [2.45, 2.75) is 32.6 Å². The van der Waals surface area contributed by atoms with Crippen LogP contribution in [0.3, 0.4) is 0 Å². The maximum atomic E-state index is 4.52. The molecule has 2 unspecified atom stereocenters. The average molecular weight is 255 g/mol. The molecule has 1 aromatic carbocycles.